The van der Waals surface area contributed by atoms with E-state index >= 15 is 0 Å². The molecule has 106 valence electrons. The number of unbranched alkanes of at least 4 members (excludes halogenated alkanes) is 1. The van der Waals surface area contributed by atoms with Crippen LogP contribution in [0.1, 0.15) is 33.1 Å². The lowest BCUT2D eigenvalue weighted by Crippen LogP contribution is -2.02. The minimum atomic E-state index is -1.15. The Kier molecular flexibility index (Phi) is 14.4. The van der Waals surface area contributed by atoms with E-state index in [0.29, 0.717) is 13.0 Å². The predicted molar refractivity (Wildman–Crippen MR) is 66.0 cm³/mol. The van der Waals surface area contributed by atoms with Crippen LogP contribution in [0.25, 0.3) is 0 Å². The summed E-state index contributed by atoms with van der Waals surface area (Å²) < 4.78 is 4.64. The molecule has 0 aliphatic heterocycles. The summed E-state index contributed by atoms with van der Waals surface area (Å²) in [4.78, 5) is 20.6. The summed E-state index contributed by atoms with van der Waals surface area (Å²) in [5.41, 5.74) is 0. The number of carboxylic acids is 1. The molecule has 0 spiro atoms. The van der Waals surface area contributed by atoms with E-state index in [-0.39, 0.29) is 12.7 Å². The van der Waals surface area contributed by atoms with Crippen LogP contribution in [0.5, 0.6) is 0 Å². The summed E-state index contributed by atoms with van der Waals surface area (Å²) in [6, 6.07) is 0. The second-order valence-corrected chi connectivity index (χ2v) is 3.55. The fourth-order valence-electron chi connectivity index (χ4n) is 0.691. The molecule has 1 atom stereocenters. The maximum absolute atomic E-state index is 10.6. The zero-order chi connectivity index (χ0) is 14.4. The molecule has 3 N–H and O–H groups in total. The predicted octanol–water partition coefficient (Wildman–Crippen LogP) is 0.720. The van der Waals surface area contributed by atoms with E-state index in [1.54, 1.807) is 6.92 Å². The maximum atomic E-state index is 10.6. The summed E-state index contributed by atoms with van der Waals surface area (Å²) in [7, 11) is 0. The number of aliphatic carboxylic acids is 1. The van der Waals surface area contributed by atoms with Crippen molar-refractivity contribution in [3.05, 3.63) is 12.2 Å². The van der Waals surface area contributed by atoms with Gasteiger partial charge in [-0.15, -0.1) is 0 Å². The number of aliphatic hydroxyl groups excluding tert-OH is 2. The highest BCUT2D eigenvalue weighted by atomic mass is 16.5. The number of hydrogen-bond donors (Lipinski definition) is 3. The van der Waals surface area contributed by atoms with Crippen molar-refractivity contribution in [2.24, 2.45) is 0 Å². The molecule has 0 amide bonds. The summed E-state index contributed by atoms with van der Waals surface area (Å²) >= 11 is 0. The van der Waals surface area contributed by atoms with Gasteiger partial charge in [-0.05, 0) is 19.8 Å². The molecule has 0 saturated carbocycles. The van der Waals surface area contributed by atoms with Gasteiger partial charge < -0.3 is 20.1 Å². The SMILES string of the molecule is CC(O)CCO.CCCCOC(=O)/C=C\C(=O)O. The molecule has 0 aliphatic rings. The van der Waals surface area contributed by atoms with E-state index in [9.17, 15) is 9.59 Å². The first-order valence-corrected chi connectivity index (χ1v) is 5.80. The Morgan fingerprint density at radius 3 is 2.28 bits per heavy atom. The smallest absolute Gasteiger partial charge is 0.331 e. The number of rotatable bonds is 7. The van der Waals surface area contributed by atoms with Gasteiger partial charge in [0.15, 0.2) is 0 Å². The molecule has 6 nitrogen and oxygen atoms in total. The molecule has 0 rings (SSSR count). The first-order chi connectivity index (χ1) is 8.43. The quantitative estimate of drug-likeness (QED) is 0.355. The summed E-state index contributed by atoms with van der Waals surface area (Å²) in [6.45, 7) is 4.05. The standard InChI is InChI=1S/C8H12O4.C4H10O2/c1-2-3-6-12-8(11)5-4-7(9)10;1-4(6)2-3-5/h4-5H,2-3,6H2,1H3,(H,9,10);4-6H,2-3H2,1H3/b5-4-;. The maximum Gasteiger partial charge on any atom is 0.331 e. The lowest BCUT2D eigenvalue weighted by molar-refractivity contribution is -0.138. The number of carboxylic acid groups (broad SMARTS) is 1. The molecule has 0 aromatic rings. The number of ether oxygens (including phenoxy) is 1. The first-order valence-electron chi connectivity index (χ1n) is 5.80. The van der Waals surface area contributed by atoms with Crippen LogP contribution in [0.2, 0.25) is 0 Å². The lowest BCUT2D eigenvalue weighted by Gasteiger charge is -1.97. The van der Waals surface area contributed by atoms with Crippen molar-refractivity contribution in [1.82, 2.24) is 0 Å². The number of hydrogen-bond acceptors (Lipinski definition) is 5. The Labute approximate surface area is 107 Å². The van der Waals surface area contributed by atoms with Crippen LogP contribution in [-0.2, 0) is 14.3 Å². The van der Waals surface area contributed by atoms with Crippen molar-refractivity contribution in [3.63, 3.8) is 0 Å². The van der Waals surface area contributed by atoms with Crippen LogP contribution in [-0.4, -0.2) is 46.6 Å². The molecule has 0 bridgehead atoms. The second kappa shape index (κ2) is 13.7. The fraction of sp³-hybridized carbons (Fsp3) is 0.667. The monoisotopic (exact) mass is 262 g/mol. The van der Waals surface area contributed by atoms with Gasteiger partial charge in [0, 0.05) is 18.8 Å². The highest BCUT2D eigenvalue weighted by Crippen LogP contribution is 1.89. The first kappa shape index (κ1) is 19.0. The third kappa shape index (κ3) is 20.1. The Balaban J connectivity index is 0. The molecule has 0 fully saturated rings. The van der Waals surface area contributed by atoms with Crippen LogP contribution in [0.3, 0.4) is 0 Å². The Hall–Kier alpha value is -1.40. The van der Waals surface area contributed by atoms with Gasteiger partial charge >= 0.3 is 11.9 Å². The molecule has 0 aromatic heterocycles. The minimum Gasteiger partial charge on any atom is -0.478 e. The van der Waals surface area contributed by atoms with Gasteiger partial charge in [-0.3, -0.25) is 0 Å². The zero-order valence-electron chi connectivity index (χ0n) is 10.8. The molecule has 0 saturated heterocycles. The van der Waals surface area contributed by atoms with Crippen LogP contribution in [0.4, 0.5) is 0 Å². The van der Waals surface area contributed by atoms with E-state index in [1.807, 2.05) is 6.92 Å². The summed E-state index contributed by atoms with van der Waals surface area (Å²) in [5.74, 6) is -1.76. The molecule has 1 unspecified atom stereocenters. The second-order valence-electron chi connectivity index (χ2n) is 3.55. The molecule has 0 heterocycles. The van der Waals surface area contributed by atoms with E-state index < -0.39 is 11.9 Å². The number of esters is 1. The number of carbonyl (C=O) groups excluding carboxylic acids is 1. The lowest BCUT2D eigenvalue weighted by atomic mass is 10.3. The van der Waals surface area contributed by atoms with Gasteiger partial charge in [0.2, 0.25) is 0 Å². The molecular formula is C12H22O6. The van der Waals surface area contributed by atoms with Crippen LogP contribution >= 0.6 is 0 Å². The van der Waals surface area contributed by atoms with Gasteiger partial charge in [-0.25, -0.2) is 9.59 Å². The topological polar surface area (TPSA) is 104 Å². The molecule has 0 aliphatic carbocycles. The Bertz CT molecular complexity index is 247. The van der Waals surface area contributed by atoms with Crippen molar-refractivity contribution in [1.29, 1.82) is 0 Å². The minimum absolute atomic E-state index is 0.0810. The highest BCUT2D eigenvalue weighted by Gasteiger charge is 1.96. The van der Waals surface area contributed by atoms with E-state index in [1.165, 1.54) is 0 Å². The van der Waals surface area contributed by atoms with E-state index in [2.05, 4.69) is 4.74 Å². The normalized spacial score (nSPS) is 11.6. The largest absolute Gasteiger partial charge is 0.478 e. The molecule has 6 heteroatoms. The Morgan fingerprint density at radius 1 is 1.33 bits per heavy atom. The van der Waals surface area contributed by atoms with Crippen molar-refractivity contribution < 1.29 is 29.6 Å². The molecule has 0 radical (unpaired) electrons. The average molecular weight is 262 g/mol. The van der Waals surface area contributed by atoms with Crippen molar-refractivity contribution >= 4 is 11.9 Å². The number of aliphatic hydroxyl groups is 2. The molecule has 0 aromatic carbocycles. The van der Waals surface area contributed by atoms with Crippen LogP contribution < -0.4 is 0 Å². The third-order valence-corrected chi connectivity index (χ3v) is 1.65. The summed E-state index contributed by atoms with van der Waals surface area (Å²) in [5, 5.41) is 24.6. The van der Waals surface area contributed by atoms with Gasteiger partial charge in [0.05, 0.1) is 12.7 Å². The van der Waals surface area contributed by atoms with Crippen LogP contribution in [0, 0.1) is 0 Å². The number of carbonyl (C=O) groups is 2. The summed E-state index contributed by atoms with van der Waals surface area (Å²) in [6.07, 6.45) is 3.53. The van der Waals surface area contributed by atoms with Crippen LogP contribution in [0.15, 0.2) is 12.2 Å². The van der Waals surface area contributed by atoms with Crippen molar-refractivity contribution in [2.45, 2.75) is 39.2 Å². The van der Waals surface area contributed by atoms with Gasteiger partial charge in [0.1, 0.15) is 0 Å². The van der Waals surface area contributed by atoms with E-state index in [4.69, 9.17) is 15.3 Å². The zero-order valence-corrected chi connectivity index (χ0v) is 10.8. The van der Waals surface area contributed by atoms with Gasteiger partial charge in [0.25, 0.3) is 0 Å². The van der Waals surface area contributed by atoms with Crippen molar-refractivity contribution in [3.8, 4) is 0 Å². The highest BCUT2D eigenvalue weighted by molar-refractivity contribution is 5.90. The Morgan fingerprint density at radius 2 is 1.94 bits per heavy atom. The van der Waals surface area contributed by atoms with Gasteiger partial charge in [-0.1, -0.05) is 13.3 Å². The molecule has 18 heavy (non-hydrogen) atoms. The van der Waals surface area contributed by atoms with E-state index in [0.717, 1.165) is 25.0 Å². The third-order valence-electron chi connectivity index (χ3n) is 1.65. The average Bonchev–Trinajstić information content (AvgIpc) is 2.27. The van der Waals surface area contributed by atoms with Gasteiger partial charge in [-0.2, -0.15) is 0 Å². The fourth-order valence-corrected chi connectivity index (χ4v) is 0.691. The molecular weight excluding hydrogens is 240 g/mol. The van der Waals surface area contributed by atoms with Crippen molar-refractivity contribution in [2.75, 3.05) is 13.2 Å².